The third-order valence-electron chi connectivity index (χ3n) is 4.17. The van der Waals surface area contributed by atoms with E-state index in [-0.39, 0.29) is 12.4 Å². The van der Waals surface area contributed by atoms with Crippen LogP contribution in [-0.4, -0.2) is 13.7 Å². The Hall–Kier alpha value is -2.57. The molecular formula is C22H21BrFNO3. The van der Waals surface area contributed by atoms with Crippen LogP contribution in [0.5, 0.6) is 17.2 Å². The largest absolute Gasteiger partial charge is 0.494 e. The van der Waals surface area contributed by atoms with Crippen LogP contribution in [0.3, 0.4) is 0 Å². The standard InChI is InChI=1S/C22H21BrFNO3/c1-26-21-10-7-16(11-19(21)24)20(25)14-28-22-12-17(8-9-18(22)23)27-13-15-5-3-2-4-6-15/h2-12,20H,13-14,25H2,1H3. The lowest BCUT2D eigenvalue weighted by Crippen LogP contribution is -2.19. The Bertz CT molecular complexity index is 921. The summed E-state index contributed by atoms with van der Waals surface area (Å²) in [4.78, 5) is 0. The fraction of sp³-hybridized carbons (Fsp3) is 0.182. The van der Waals surface area contributed by atoms with Gasteiger partial charge < -0.3 is 19.9 Å². The lowest BCUT2D eigenvalue weighted by atomic mass is 10.1. The van der Waals surface area contributed by atoms with Gasteiger partial charge in [0.2, 0.25) is 0 Å². The normalized spacial score (nSPS) is 11.7. The zero-order chi connectivity index (χ0) is 19.9. The van der Waals surface area contributed by atoms with Crippen molar-refractivity contribution in [1.29, 1.82) is 0 Å². The smallest absolute Gasteiger partial charge is 0.165 e. The number of hydrogen-bond acceptors (Lipinski definition) is 4. The molecule has 0 aromatic heterocycles. The summed E-state index contributed by atoms with van der Waals surface area (Å²) in [6, 6.07) is 19.6. The molecular weight excluding hydrogens is 425 g/mol. The Labute approximate surface area is 172 Å². The van der Waals surface area contributed by atoms with Crippen LogP contribution >= 0.6 is 15.9 Å². The average molecular weight is 446 g/mol. The van der Waals surface area contributed by atoms with Crippen molar-refractivity contribution in [3.05, 3.63) is 88.1 Å². The summed E-state index contributed by atoms with van der Waals surface area (Å²) in [5, 5.41) is 0. The molecule has 3 aromatic carbocycles. The van der Waals surface area contributed by atoms with Crippen LogP contribution in [0.4, 0.5) is 4.39 Å². The Morgan fingerprint density at radius 3 is 2.46 bits per heavy atom. The molecule has 146 valence electrons. The van der Waals surface area contributed by atoms with Crippen molar-refractivity contribution in [1.82, 2.24) is 0 Å². The summed E-state index contributed by atoms with van der Waals surface area (Å²) in [7, 11) is 1.42. The monoisotopic (exact) mass is 445 g/mol. The van der Waals surface area contributed by atoms with E-state index in [0.29, 0.717) is 23.7 Å². The third kappa shape index (κ3) is 5.24. The molecule has 3 rings (SSSR count). The van der Waals surface area contributed by atoms with Crippen molar-refractivity contribution in [2.75, 3.05) is 13.7 Å². The average Bonchev–Trinajstić information content (AvgIpc) is 2.72. The van der Waals surface area contributed by atoms with Gasteiger partial charge in [0.1, 0.15) is 24.7 Å². The van der Waals surface area contributed by atoms with Crippen molar-refractivity contribution in [3.63, 3.8) is 0 Å². The first-order valence-electron chi connectivity index (χ1n) is 8.75. The zero-order valence-corrected chi connectivity index (χ0v) is 17.0. The lowest BCUT2D eigenvalue weighted by molar-refractivity contribution is 0.279. The molecule has 0 bridgehead atoms. The van der Waals surface area contributed by atoms with Crippen LogP contribution in [0, 0.1) is 5.82 Å². The van der Waals surface area contributed by atoms with Crippen LogP contribution in [0.15, 0.2) is 71.2 Å². The fourth-order valence-electron chi connectivity index (χ4n) is 2.61. The number of rotatable bonds is 8. The molecule has 0 radical (unpaired) electrons. The Kier molecular flexibility index (Phi) is 6.90. The molecule has 0 heterocycles. The van der Waals surface area contributed by atoms with Crippen LogP contribution in [0.25, 0.3) is 0 Å². The molecule has 4 nitrogen and oxygen atoms in total. The van der Waals surface area contributed by atoms with Gasteiger partial charge in [0.25, 0.3) is 0 Å². The molecule has 2 N–H and O–H groups in total. The highest BCUT2D eigenvalue weighted by Gasteiger charge is 2.12. The number of ether oxygens (including phenoxy) is 3. The summed E-state index contributed by atoms with van der Waals surface area (Å²) in [5.74, 6) is 1.02. The van der Waals surface area contributed by atoms with Crippen LogP contribution < -0.4 is 19.9 Å². The second-order valence-corrected chi connectivity index (χ2v) is 7.03. The summed E-state index contributed by atoms with van der Waals surface area (Å²) in [6.45, 7) is 0.652. The Balaban J connectivity index is 1.62. The van der Waals surface area contributed by atoms with E-state index < -0.39 is 11.9 Å². The van der Waals surface area contributed by atoms with Gasteiger partial charge in [-0.05, 0) is 51.3 Å². The van der Waals surface area contributed by atoms with Gasteiger partial charge in [0.05, 0.1) is 17.6 Å². The number of benzene rings is 3. The molecule has 0 amide bonds. The first-order valence-corrected chi connectivity index (χ1v) is 9.54. The SMILES string of the molecule is COc1ccc(C(N)COc2cc(OCc3ccccc3)ccc2Br)cc1F. The van der Waals surface area contributed by atoms with Crippen LogP contribution in [0.1, 0.15) is 17.2 Å². The highest BCUT2D eigenvalue weighted by atomic mass is 79.9. The van der Waals surface area contributed by atoms with E-state index in [1.54, 1.807) is 18.2 Å². The molecule has 0 aliphatic carbocycles. The maximum absolute atomic E-state index is 13.9. The first-order chi connectivity index (χ1) is 13.6. The van der Waals surface area contributed by atoms with E-state index in [2.05, 4.69) is 15.9 Å². The first kappa shape index (κ1) is 20.2. The van der Waals surface area contributed by atoms with E-state index in [1.165, 1.54) is 13.2 Å². The van der Waals surface area contributed by atoms with Crippen molar-refractivity contribution in [2.45, 2.75) is 12.6 Å². The van der Waals surface area contributed by atoms with Gasteiger partial charge >= 0.3 is 0 Å². The summed E-state index contributed by atoms with van der Waals surface area (Å²) >= 11 is 3.47. The molecule has 28 heavy (non-hydrogen) atoms. The molecule has 0 fully saturated rings. The molecule has 0 saturated carbocycles. The van der Waals surface area contributed by atoms with Gasteiger partial charge in [-0.25, -0.2) is 4.39 Å². The Morgan fingerprint density at radius 2 is 1.75 bits per heavy atom. The lowest BCUT2D eigenvalue weighted by Gasteiger charge is -2.16. The van der Waals surface area contributed by atoms with E-state index in [0.717, 1.165) is 10.0 Å². The fourth-order valence-corrected chi connectivity index (χ4v) is 2.98. The number of halogens is 2. The van der Waals surface area contributed by atoms with E-state index in [1.807, 2.05) is 42.5 Å². The Morgan fingerprint density at radius 1 is 0.964 bits per heavy atom. The zero-order valence-electron chi connectivity index (χ0n) is 15.4. The molecule has 1 unspecified atom stereocenters. The minimum absolute atomic E-state index is 0.183. The minimum atomic E-state index is -0.485. The molecule has 3 aromatic rings. The molecule has 0 spiro atoms. The maximum Gasteiger partial charge on any atom is 0.165 e. The summed E-state index contributed by atoms with van der Waals surface area (Å²) in [5.41, 5.74) is 7.86. The van der Waals surface area contributed by atoms with Crippen molar-refractivity contribution < 1.29 is 18.6 Å². The maximum atomic E-state index is 13.9. The minimum Gasteiger partial charge on any atom is -0.494 e. The molecule has 0 saturated heterocycles. The van der Waals surface area contributed by atoms with Gasteiger partial charge in [0.15, 0.2) is 11.6 Å². The second kappa shape index (κ2) is 9.57. The van der Waals surface area contributed by atoms with E-state index in [9.17, 15) is 4.39 Å². The van der Waals surface area contributed by atoms with Gasteiger partial charge in [-0.15, -0.1) is 0 Å². The van der Waals surface area contributed by atoms with Gasteiger partial charge in [-0.1, -0.05) is 36.4 Å². The van der Waals surface area contributed by atoms with E-state index in [4.69, 9.17) is 19.9 Å². The van der Waals surface area contributed by atoms with E-state index >= 15 is 0 Å². The topological polar surface area (TPSA) is 53.7 Å². The van der Waals surface area contributed by atoms with Gasteiger partial charge in [-0.2, -0.15) is 0 Å². The molecule has 6 heteroatoms. The van der Waals surface area contributed by atoms with Gasteiger partial charge in [0, 0.05) is 6.07 Å². The predicted octanol–water partition coefficient (Wildman–Crippen LogP) is 5.25. The number of methoxy groups -OCH3 is 1. The highest BCUT2D eigenvalue weighted by molar-refractivity contribution is 9.10. The van der Waals surface area contributed by atoms with Crippen LogP contribution in [0.2, 0.25) is 0 Å². The molecule has 0 aliphatic heterocycles. The summed E-state index contributed by atoms with van der Waals surface area (Å²) < 4.78 is 31.2. The summed E-state index contributed by atoms with van der Waals surface area (Å²) in [6.07, 6.45) is 0. The third-order valence-corrected chi connectivity index (χ3v) is 4.83. The second-order valence-electron chi connectivity index (χ2n) is 6.18. The van der Waals surface area contributed by atoms with Gasteiger partial charge in [-0.3, -0.25) is 0 Å². The molecule has 0 aliphatic rings. The predicted molar refractivity (Wildman–Crippen MR) is 110 cm³/mol. The quantitative estimate of drug-likeness (QED) is 0.513. The highest BCUT2D eigenvalue weighted by Crippen LogP contribution is 2.31. The molecule has 1 atom stereocenters. The van der Waals surface area contributed by atoms with Crippen molar-refractivity contribution >= 4 is 15.9 Å². The number of nitrogens with two attached hydrogens (primary N) is 1. The number of hydrogen-bond donors (Lipinski definition) is 1. The van der Waals surface area contributed by atoms with Crippen LogP contribution in [-0.2, 0) is 6.61 Å². The van der Waals surface area contributed by atoms with Crippen molar-refractivity contribution in [2.24, 2.45) is 5.73 Å². The van der Waals surface area contributed by atoms with Crippen molar-refractivity contribution in [3.8, 4) is 17.2 Å².